The first-order chi connectivity index (χ1) is 14.0. The van der Waals surface area contributed by atoms with Crippen molar-refractivity contribution < 1.29 is 23.9 Å². The molecule has 1 aliphatic heterocycles. The molecule has 0 radical (unpaired) electrons. The maximum absolute atomic E-state index is 12.4. The van der Waals surface area contributed by atoms with Gasteiger partial charge in [0, 0.05) is 25.6 Å². The second-order valence-corrected chi connectivity index (χ2v) is 7.30. The van der Waals surface area contributed by atoms with E-state index in [0.717, 1.165) is 19.3 Å². The highest BCUT2D eigenvalue weighted by Crippen LogP contribution is 2.21. The summed E-state index contributed by atoms with van der Waals surface area (Å²) in [6, 6.07) is 11.5. The maximum Gasteiger partial charge on any atom is 0.339 e. The van der Waals surface area contributed by atoms with Gasteiger partial charge in [0.1, 0.15) is 11.3 Å². The van der Waals surface area contributed by atoms with Crippen LogP contribution >= 0.6 is 0 Å². The monoisotopic (exact) mass is 398 g/mol. The van der Waals surface area contributed by atoms with E-state index in [2.05, 4.69) is 17.4 Å². The van der Waals surface area contributed by atoms with E-state index in [-0.39, 0.29) is 29.5 Å². The number of piperidine rings is 1. The predicted molar refractivity (Wildman–Crippen MR) is 107 cm³/mol. The van der Waals surface area contributed by atoms with Crippen molar-refractivity contribution in [2.45, 2.75) is 32.6 Å². The smallest absolute Gasteiger partial charge is 0.339 e. The fraction of sp³-hybridized carbons (Fsp3) is 0.409. The number of carbonyl (C=O) groups excluding carboxylic acids is 2. The first kappa shape index (κ1) is 20.6. The third-order valence-electron chi connectivity index (χ3n) is 5.32. The molecule has 7 heteroatoms. The van der Waals surface area contributed by atoms with Crippen molar-refractivity contribution >= 4 is 17.8 Å². The van der Waals surface area contributed by atoms with Crippen LogP contribution in [0.3, 0.4) is 0 Å². The second kappa shape index (κ2) is 9.41. The van der Waals surface area contributed by atoms with Crippen LogP contribution in [0.4, 0.5) is 0 Å². The fourth-order valence-corrected chi connectivity index (χ4v) is 3.67. The van der Waals surface area contributed by atoms with Crippen LogP contribution in [0.15, 0.2) is 40.8 Å². The number of aryl methyl sites for hydroxylation is 1. The average molecular weight is 398 g/mol. The van der Waals surface area contributed by atoms with Gasteiger partial charge in [0.2, 0.25) is 5.91 Å². The summed E-state index contributed by atoms with van der Waals surface area (Å²) in [4.78, 5) is 37.6. The summed E-state index contributed by atoms with van der Waals surface area (Å²) in [6.45, 7) is 2.97. The van der Waals surface area contributed by atoms with Gasteiger partial charge in [0.05, 0.1) is 6.54 Å². The van der Waals surface area contributed by atoms with E-state index < -0.39 is 11.9 Å². The van der Waals surface area contributed by atoms with Crippen molar-refractivity contribution in [1.29, 1.82) is 0 Å². The number of likely N-dealkylation sites (tertiary alicyclic amines) is 1. The molecule has 7 nitrogen and oxygen atoms in total. The van der Waals surface area contributed by atoms with E-state index in [0.29, 0.717) is 25.4 Å². The molecule has 1 aromatic heterocycles. The number of hydrogen-bond acceptors (Lipinski definition) is 4. The lowest BCUT2D eigenvalue weighted by molar-refractivity contribution is -0.131. The first-order valence-corrected chi connectivity index (χ1v) is 9.93. The van der Waals surface area contributed by atoms with Gasteiger partial charge in [-0.05, 0) is 30.7 Å². The van der Waals surface area contributed by atoms with Gasteiger partial charge in [-0.1, -0.05) is 37.3 Å². The number of benzene rings is 1. The van der Waals surface area contributed by atoms with E-state index >= 15 is 0 Å². The molecule has 154 valence electrons. The number of nitrogens with one attached hydrogen (secondary N) is 1. The van der Waals surface area contributed by atoms with Crippen molar-refractivity contribution in [1.82, 2.24) is 10.2 Å². The Kier molecular flexibility index (Phi) is 6.69. The van der Waals surface area contributed by atoms with E-state index in [9.17, 15) is 14.4 Å². The van der Waals surface area contributed by atoms with Gasteiger partial charge in [-0.2, -0.15) is 0 Å². The van der Waals surface area contributed by atoms with E-state index in [1.807, 2.05) is 18.2 Å². The van der Waals surface area contributed by atoms with Gasteiger partial charge in [0.15, 0.2) is 5.76 Å². The molecule has 1 saturated heterocycles. The Balaban J connectivity index is 1.46. The van der Waals surface area contributed by atoms with E-state index in [1.54, 1.807) is 11.8 Å². The Hall–Kier alpha value is -3.09. The van der Waals surface area contributed by atoms with Crippen molar-refractivity contribution in [2.75, 3.05) is 19.6 Å². The second-order valence-electron chi connectivity index (χ2n) is 7.30. The highest BCUT2D eigenvalue weighted by molar-refractivity contribution is 5.97. The summed E-state index contributed by atoms with van der Waals surface area (Å²) in [7, 11) is 0. The molecule has 2 heterocycles. The summed E-state index contributed by atoms with van der Waals surface area (Å²) in [6.07, 6.45) is 3.26. The molecule has 2 N–H and O–H groups in total. The van der Waals surface area contributed by atoms with Crippen LogP contribution in [0.25, 0.3) is 0 Å². The molecule has 3 rings (SSSR count). The lowest BCUT2D eigenvalue weighted by Gasteiger charge is -2.32. The van der Waals surface area contributed by atoms with Gasteiger partial charge >= 0.3 is 5.97 Å². The zero-order valence-electron chi connectivity index (χ0n) is 16.5. The zero-order chi connectivity index (χ0) is 20.8. The Morgan fingerprint density at radius 2 is 1.86 bits per heavy atom. The number of furan rings is 1. The first-order valence-electron chi connectivity index (χ1n) is 9.93. The molecule has 1 aliphatic rings. The molecule has 0 atom stereocenters. The molecule has 0 unspecified atom stereocenters. The predicted octanol–water partition coefficient (Wildman–Crippen LogP) is 2.75. The largest absolute Gasteiger partial charge is 0.478 e. The minimum Gasteiger partial charge on any atom is -0.478 e. The van der Waals surface area contributed by atoms with Crippen molar-refractivity contribution in [3.63, 3.8) is 0 Å². The Morgan fingerprint density at radius 1 is 1.17 bits per heavy atom. The third kappa shape index (κ3) is 5.25. The number of carboxylic acid groups (broad SMARTS) is 1. The van der Waals surface area contributed by atoms with E-state index in [4.69, 9.17) is 9.52 Å². The molecular weight excluding hydrogens is 372 g/mol. The number of rotatable bonds is 7. The quantitative estimate of drug-likeness (QED) is 0.747. The number of carbonyl (C=O) groups is 3. The summed E-state index contributed by atoms with van der Waals surface area (Å²) in [5.41, 5.74) is 1.29. The SMILES string of the molecule is CCc1oc(C(=O)NCC(=O)N2CCC(Cc3ccccc3)CC2)cc1C(=O)O. The zero-order valence-corrected chi connectivity index (χ0v) is 16.5. The van der Waals surface area contributed by atoms with E-state index in [1.165, 1.54) is 11.6 Å². The topological polar surface area (TPSA) is 99.9 Å². The van der Waals surface area contributed by atoms with Crippen molar-refractivity contribution in [2.24, 2.45) is 5.92 Å². The molecular formula is C22H26N2O5. The molecule has 2 aromatic rings. The van der Waals surface area contributed by atoms with Gasteiger partial charge < -0.3 is 19.7 Å². The summed E-state index contributed by atoms with van der Waals surface area (Å²) in [5, 5.41) is 11.7. The Morgan fingerprint density at radius 3 is 2.45 bits per heavy atom. The Bertz CT molecular complexity index is 867. The van der Waals surface area contributed by atoms with Crippen LogP contribution in [0.5, 0.6) is 0 Å². The van der Waals surface area contributed by atoms with Crippen LogP contribution in [0.1, 0.15) is 52.0 Å². The molecule has 0 spiro atoms. The normalized spacial score (nSPS) is 14.6. The van der Waals surface area contributed by atoms with Crippen LogP contribution in [0.2, 0.25) is 0 Å². The Labute approximate surface area is 169 Å². The van der Waals surface area contributed by atoms with Crippen LogP contribution in [0, 0.1) is 5.92 Å². The van der Waals surface area contributed by atoms with Crippen LogP contribution in [-0.2, 0) is 17.6 Å². The highest BCUT2D eigenvalue weighted by atomic mass is 16.4. The number of carboxylic acids is 1. The van der Waals surface area contributed by atoms with Gasteiger partial charge in [-0.25, -0.2) is 4.79 Å². The lowest BCUT2D eigenvalue weighted by Crippen LogP contribution is -2.44. The molecule has 0 bridgehead atoms. The van der Waals surface area contributed by atoms with Gasteiger partial charge in [0.25, 0.3) is 5.91 Å². The summed E-state index contributed by atoms with van der Waals surface area (Å²) in [5.74, 6) is -1.15. The van der Waals surface area contributed by atoms with Crippen molar-refractivity contribution in [3.05, 3.63) is 59.0 Å². The molecule has 0 aliphatic carbocycles. The van der Waals surface area contributed by atoms with Crippen molar-refractivity contribution in [3.8, 4) is 0 Å². The summed E-state index contributed by atoms with van der Waals surface area (Å²) >= 11 is 0. The minimum absolute atomic E-state index is 0.0236. The molecule has 0 saturated carbocycles. The third-order valence-corrected chi connectivity index (χ3v) is 5.32. The maximum atomic E-state index is 12.4. The van der Waals surface area contributed by atoms with Gasteiger partial charge in [-0.15, -0.1) is 0 Å². The molecule has 1 fully saturated rings. The lowest BCUT2D eigenvalue weighted by atomic mass is 9.90. The molecule has 29 heavy (non-hydrogen) atoms. The summed E-state index contributed by atoms with van der Waals surface area (Å²) < 4.78 is 5.32. The number of amides is 2. The number of aromatic carboxylic acids is 1. The number of nitrogens with zero attached hydrogens (tertiary/aromatic N) is 1. The molecule has 2 amide bonds. The molecule has 1 aromatic carbocycles. The van der Waals surface area contributed by atoms with Crippen LogP contribution in [-0.4, -0.2) is 47.4 Å². The van der Waals surface area contributed by atoms with Crippen LogP contribution < -0.4 is 5.32 Å². The number of hydrogen-bond donors (Lipinski definition) is 2. The highest BCUT2D eigenvalue weighted by Gasteiger charge is 2.24. The minimum atomic E-state index is -1.14. The fourth-order valence-electron chi connectivity index (χ4n) is 3.67. The standard InChI is InChI=1S/C22H26N2O5/c1-2-18-17(22(27)28)13-19(29-18)21(26)23-14-20(25)24-10-8-16(9-11-24)12-15-6-4-3-5-7-15/h3-7,13,16H,2,8-12,14H2,1H3,(H,23,26)(H,27,28). The van der Waals surface area contributed by atoms with Gasteiger partial charge in [-0.3, -0.25) is 9.59 Å². The average Bonchev–Trinajstić information content (AvgIpc) is 3.18.